The van der Waals surface area contributed by atoms with Crippen molar-refractivity contribution in [2.45, 2.75) is 105 Å². The Morgan fingerprint density at radius 3 is 2.07 bits per heavy atom. The maximum Gasteiger partial charge on any atom is 0.234 e. The van der Waals surface area contributed by atoms with E-state index in [1.165, 1.54) is 18.4 Å². The van der Waals surface area contributed by atoms with Gasteiger partial charge < -0.3 is 4.81 Å². The Morgan fingerprint density at radius 1 is 0.963 bits per heavy atom. The highest BCUT2D eigenvalue weighted by atomic mass is 15.1. The first kappa shape index (κ1) is 24.0. The monoisotopic (exact) mass is 369 g/mol. The van der Waals surface area contributed by atoms with Crippen molar-refractivity contribution in [3.05, 3.63) is 48.0 Å². The van der Waals surface area contributed by atoms with Crippen LogP contribution in [0.3, 0.4) is 0 Å². The maximum atomic E-state index is 3.92. The molecule has 0 heterocycles. The average molecular weight is 369 g/mol. The molecule has 0 aromatic heterocycles. The van der Waals surface area contributed by atoms with Crippen LogP contribution in [0.5, 0.6) is 0 Å². The van der Waals surface area contributed by atoms with Crippen molar-refractivity contribution >= 4 is 6.85 Å². The zero-order valence-electron chi connectivity index (χ0n) is 19.3. The number of benzene rings is 1. The molecule has 0 bridgehead atoms. The first-order chi connectivity index (χ1) is 12.7. The molecule has 2 heteroatoms. The molecule has 1 nitrogen and oxygen atoms in total. The van der Waals surface area contributed by atoms with Crippen molar-refractivity contribution in [3.8, 4) is 0 Å². The van der Waals surface area contributed by atoms with E-state index in [4.69, 9.17) is 0 Å². The molecule has 27 heavy (non-hydrogen) atoms. The second-order valence-corrected chi connectivity index (χ2v) is 9.15. The Morgan fingerprint density at radius 2 is 1.56 bits per heavy atom. The second kappa shape index (κ2) is 11.7. The summed E-state index contributed by atoms with van der Waals surface area (Å²) >= 11 is 0. The quantitative estimate of drug-likeness (QED) is 0.274. The Balaban J connectivity index is 3.18. The summed E-state index contributed by atoms with van der Waals surface area (Å²) in [6.45, 7) is 23.5. The summed E-state index contributed by atoms with van der Waals surface area (Å²) in [6.07, 6.45) is 6.89. The number of nitrogens with zero attached hydrogens (tertiary/aromatic N) is 1. The zero-order chi connectivity index (χ0) is 20.6. The number of hydrogen-bond donors (Lipinski definition) is 0. The smallest absolute Gasteiger partial charge is 0.234 e. The highest BCUT2D eigenvalue weighted by Gasteiger charge is 2.37. The van der Waals surface area contributed by atoms with Crippen LogP contribution in [0.1, 0.15) is 91.6 Å². The van der Waals surface area contributed by atoms with E-state index in [1.54, 1.807) is 5.56 Å². The molecule has 0 aliphatic rings. The van der Waals surface area contributed by atoms with Gasteiger partial charge in [0.2, 0.25) is 6.85 Å². The summed E-state index contributed by atoms with van der Waals surface area (Å²) < 4.78 is 0. The normalized spacial score (nSPS) is 15.2. The molecular formula is C25H44BN. The summed E-state index contributed by atoms with van der Waals surface area (Å²) in [5.74, 6) is 1.94. The minimum atomic E-state index is 0.538. The topological polar surface area (TPSA) is 3.24 Å². The largest absolute Gasteiger partial charge is 0.337 e. The molecule has 0 radical (unpaired) electrons. The molecule has 152 valence electrons. The molecule has 3 unspecified atom stereocenters. The minimum absolute atomic E-state index is 0.538. The molecule has 0 saturated carbocycles. The van der Waals surface area contributed by atoms with Gasteiger partial charge >= 0.3 is 0 Å². The van der Waals surface area contributed by atoms with E-state index in [2.05, 4.69) is 97.1 Å². The van der Waals surface area contributed by atoms with Crippen molar-refractivity contribution in [1.82, 2.24) is 4.81 Å². The van der Waals surface area contributed by atoms with E-state index in [0.717, 1.165) is 18.8 Å². The Kier molecular flexibility index (Phi) is 10.4. The number of aryl methyl sites for hydroxylation is 1. The molecule has 1 aromatic carbocycles. The van der Waals surface area contributed by atoms with Crippen LogP contribution in [-0.4, -0.2) is 23.7 Å². The van der Waals surface area contributed by atoms with Crippen LogP contribution in [0.2, 0.25) is 5.82 Å². The third-order valence-electron chi connectivity index (χ3n) is 6.24. The molecule has 1 rings (SSSR count). The van der Waals surface area contributed by atoms with E-state index >= 15 is 0 Å². The van der Waals surface area contributed by atoms with Crippen molar-refractivity contribution in [2.75, 3.05) is 0 Å². The summed E-state index contributed by atoms with van der Waals surface area (Å²) in [5.41, 5.74) is 3.05. The first-order valence-corrected chi connectivity index (χ1v) is 11.2. The van der Waals surface area contributed by atoms with Crippen LogP contribution < -0.4 is 0 Å². The van der Waals surface area contributed by atoms with Gasteiger partial charge in [-0.25, -0.2) is 0 Å². The predicted molar refractivity (Wildman–Crippen MR) is 125 cm³/mol. The van der Waals surface area contributed by atoms with Gasteiger partial charge in [-0.05, 0) is 53.6 Å². The average Bonchev–Trinajstić information content (AvgIpc) is 2.63. The van der Waals surface area contributed by atoms with Gasteiger partial charge in [-0.1, -0.05) is 98.6 Å². The lowest BCUT2D eigenvalue weighted by atomic mass is 9.39. The fraction of sp³-hybridized carbons (Fsp3) is 0.680. The SMILES string of the molecule is C=CCC(C)CCC(C)B(C(C)c1ccccc1CC)N(C(C)C)C(C)C. The van der Waals surface area contributed by atoms with Gasteiger partial charge in [0, 0.05) is 0 Å². The van der Waals surface area contributed by atoms with E-state index < -0.39 is 0 Å². The van der Waals surface area contributed by atoms with Crippen molar-refractivity contribution < 1.29 is 0 Å². The molecule has 0 aliphatic heterocycles. The van der Waals surface area contributed by atoms with Crippen molar-refractivity contribution in [3.63, 3.8) is 0 Å². The summed E-state index contributed by atoms with van der Waals surface area (Å²) in [6, 6.07) is 10.2. The Bertz CT molecular complexity index is 543. The fourth-order valence-electron chi connectivity index (χ4n) is 4.93. The Labute approximate surface area is 170 Å². The maximum absolute atomic E-state index is 3.92. The summed E-state index contributed by atoms with van der Waals surface area (Å²) in [5, 5.41) is 0. The predicted octanol–water partition coefficient (Wildman–Crippen LogP) is 7.38. The van der Waals surface area contributed by atoms with Gasteiger partial charge in [0.05, 0.1) is 0 Å². The standard InChI is InChI=1S/C25H44BN/c1-10-14-21(7)17-18-22(8)26(27(19(3)4)20(5)6)23(9)25-16-13-12-15-24(25)11-2/h10,12-13,15-16,19-23H,1,11,14,17-18H2,2-9H3. The third kappa shape index (κ3) is 6.82. The number of hydrogen-bond acceptors (Lipinski definition) is 1. The summed E-state index contributed by atoms with van der Waals surface area (Å²) in [4.78, 5) is 2.76. The van der Waals surface area contributed by atoms with Crippen LogP contribution in [-0.2, 0) is 6.42 Å². The highest BCUT2D eigenvalue weighted by molar-refractivity contribution is 6.59. The number of rotatable bonds is 12. The Hall–Kier alpha value is -1.02. The van der Waals surface area contributed by atoms with Crippen LogP contribution in [0.25, 0.3) is 0 Å². The molecular weight excluding hydrogens is 325 g/mol. The van der Waals surface area contributed by atoms with E-state index in [0.29, 0.717) is 30.6 Å². The molecule has 0 spiro atoms. The molecule has 0 fully saturated rings. The van der Waals surface area contributed by atoms with Gasteiger partial charge in [-0.3, -0.25) is 0 Å². The number of allylic oxidation sites excluding steroid dienone is 1. The lowest BCUT2D eigenvalue weighted by Gasteiger charge is -2.43. The van der Waals surface area contributed by atoms with Gasteiger partial charge in [0.15, 0.2) is 0 Å². The third-order valence-corrected chi connectivity index (χ3v) is 6.24. The van der Waals surface area contributed by atoms with Crippen molar-refractivity contribution in [2.24, 2.45) is 5.92 Å². The molecule has 0 N–H and O–H groups in total. The molecule has 0 aliphatic carbocycles. The molecule has 1 aromatic rings. The van der Waals surface area contributed by atoms with Crippen LogP contribution in [0.4, 0.5) is 0 Å². The van der Waals surface area contributed by atoms with Crippen LogP contribution in [0, 0.1) is 5.92 Å². The molecule has 3 atom stereocenters. The van der Waals surface area contributed by atoms with E-state index in [-0.39, 0.29) is 0 Å². The van der Waals surface area contributed by atoms with Gasteiger partial charge in [0.1, 0.15) is 0 Å². The first-order valence-electron chi connectivity index (χ1n) is 11.2. The van der Waals surface area contributed by atoms with Gasteiger partial charge in [0.25, 0.3) is 0 Å². The van der Waals surface area contributed by atoms with E-state index in [1.807, 2.05) is 0 Å². The van der Waals surface area contributed by atoms with Gasteiger partial charge in [-0.2, -0.15) is 0 Å². The molecule has 0 amide bonds. The van der Waals surface area contributed by atoms with Crippen LogP contribution in [0.15, 0.2) is 36.9 Å². The van der Waals surface area contributed by atoms with Gasteiger partial charge in [-0.15, -0.1) is 6.58 Å². The molecule has 0 saturated heterocycles. The summed E-state index contributed by atoms with van der Waals surface area (Å²) in [7, 11) is 0. The van der Waals surface area contributed by atoms with Crippen LogP contribution >= 0.6 is 0 Å². The minimum Gasteiger partial charge on any atom is -0.337 e. The van der Waals surface area contributed by atoms with E-state index in [9.17, 15) is 0 Å². The zero-order valence-corrected chi connectivity index (χ0v) is 19.3. The lowest BCUT2D eigenvalue weighted by molar-refractivity contribution is 0.290. The lowest BCUT2D eigenvalue weighted by Crippen LogP contribution is -2.53. The highest BCUT2D eigenvalue weighted by Crippen LogP contribution is 2.35. The second-order valence-electron chi connectivity index (χ2n) is 9.15. The fourth-order valence-corrected chi connectivity index (χ4v) is 4.93. The van der Waals surface area contributed by atoms with Crippen molar-refractivity contribution in [1.29, 1.82) is 0 Å².